The molecule has 0 aliphatic carbocycles. The lowest BCUT2D eigenvalue weighted by atomic mass is 9.95. The van der Waals surface area contributed by atoms with Crippen LogP contribution in [-0.2, 0) is 0 Å². The van der Waals surface area contributed by atoms with Crippen LogP contribution in [0.1, 0.15) is 30.4 Å². The quantitative estimate of drug-likeness (QED) is 0.691. The summed E-state index contributed by atoms with van der Waals surface area (Å²) in [5, 5.41) is 3.49. The van der Waals surface area contributed by atoms with Gasteiger partial charge in [0, 0.05) is 12.6 Å². The minimum atomic E-state index is 0.686. The molecule has 1 N–H and O–H groups in total. The van der Waals surface area contributed by atoms with E-state index in [4.69, 9.17) is 0 Å². The topological polar surface area (TPSA) is 12.0 Å². The van der Waals surface area contributed by atoms with Crippen molar-refractivity contribution in [1.82, 2.24) is 5.32 Å². The molecule has 1 fully saturated rings. The van der Waals surface area contributed by atoms with Crippen LogP contribution in [0.4, 0.5) is 0 Å². The van der Waals surface area contributed by atoms with E-state index in [0.717, 1.165) is 12.5 Å². The fraction of sp³-hybridized carbons (Fsp3) is 0.500. The molecule has 0 bridgehead atoms. The lowest BCUT2D eigenvalue weighted by Gasteiger charge is -2.09. The average Bonchev–Trinajstić information content (AvgIpc) is 2.52. The largest absolute Gasteiger partial charge is 0.314 e. The zero-order valence-corrected chi connectivity index (χ0v) is 8.38. The van der Waals surface area contributed by atoms with Crippen molar-refractivity contribution in [2.24, 2.45) is 0 Å². The first-order valence-corrected chi connectivity index (χ1v) is 5.05. The standard InChI is InChI=1S/C12H17N/c1-9-4-3-5-11(6-9)12-7-10(2)13-8-12/h3-6,10,12-13H,7-8H2,1-2H3. The van der Waals surface area contributed by atoms with Crippen molar-refractivity contribution in [3.63, 3.8) is 0 Å². The van der Waals surface area contributed by atoms with Gasteiger partial charge in [0.1, 0.15) is 0 Å². The Morgan fingerprint density at radius 1 is 1.38 bits per heavy atom. The normalized spacial score (nSPS) is 27.8. The molecule has 2 unspecified atom stereocenters. The number of rotatable bonds is 1. The van der Waals surface area contributed by atoms with Crippen molar-refractivity contribution in [3.8, 4) is 0 Å². The van der Waals surface area contributed by atoms with Gasteiger partial charge in [-0.25, -0.2) is 0 Å². The Morgan fingerprint density at radius 3 is 2.85 bits per heavy atom. The van der Waals surface area contributed by atoms with Gasteiger partial charge in [-0.05, 0) is 31.7 Å². The first-order chi connectivity index (χ1) is 6.25. The minimum absolute atomic E-state index is 0.686. The Balaban J connectivity index is 2.16. The Morgan fingerprint density at radius 2 is 2.23 bits per heavy atom. The van der Waals surface area contributed by atoms with Crippen LogP contribution in [0, 0.1) is 6.92 Å². The SMILES string of the molecule is Cc1cccc(C2CNC(C)C2)c1. The molecule has 2 atom stereocenters. The zero-order valence-electron chi connectivity index (χ0n) is 8.38. The highest BCUT2D eigenvalue weighted by Crippen LogP contribution is 2.25. The first-order valence-electron chi connectivity index (χ1n) is 5.05. The molecule has 1 heteroatoms. The third-order valence-electron chi connectivity index (χ3n) is 2.86. The van der Waals surface area contributed by atoms with Gasteiger partial charge in [-0.3, -0.25) is 0 Å². The molecule has 1 aromatic rings. The summed E-state index contributed by atoms with van der Waals surface area (Å²) in [6.45, 7) is 5.57. The monoisotopic (exact) mass is 175 g/mol. The van der Waals surface area contributed by atoms with Gasteiger partial charge in [-0.1, -0.05) is 29.8 Å². The number of nitrogens with one attached hydrogen (secondary N) is 1. The molecule has 0 aromatic heterocycles. The van der Waals surface area contributed by atoms with Gasteiger partial charge in [0.05, 0.1) is 0 Å². The van der Waals surface area contributed by atoms with Crippen LogP contribution >= 0.6 is 0 Å². The highest BCUT2D eigenvalue weighted by atomic mass is 14.9. The highest BCUT2D eigenvalue weighted by Gasteiger charge is 2.21. The molecule has 1 aliphatic rings. The summed E-state index contributed by atoms with van der Waals surface area (Å²) in [6.07, 6.45) is 1.28. The lowest BCUT2D eigenvalue weighted by molar-refractivity contribution is 0.658. The molecule has 0 saturated carbocycles. The van der Waals surface area contributed by atoms with E-state index in [1.165, 1.54) is 17.5 Å². The molecular formula is C12H17N. The van der Waals surface area contributed by atoms with Crippen LogP contribution in [0.2, 0.25) is 0 Å². The third-order valence-corrected chi connectivity index (χ3v) is 2.86. The third kappa shape index (κ3) is 1.92. The van der Waals surface area contributed by atoms with Gasteiger partial charge in [0.2, 0.25) is 0 Å². The van der Waals surface area contributed by atoms with E-state index in [9.17, 15) is 0 Å². The van der Waals surface area contributed by atoms with E-state index in [1.807, 2.05) is 0 Å². The summed E-state index contributed by atoms with van der Waals surface area (Å²) >= 11 is 0. The van der Waals surface area contributed by atoms with Crippen molar-refractivity contribution in [3.05, 3.63) is 35.4 Å². The van der Waals surface area contributed by atoms with Gasteiger partial charge in [0.25, 0.3) is 0 Å². The lowest BCUT2D eigenvalue weighted by Crippen LogP contribution is -2.16. The number of hydrogen-bond acceptors (Lipinski definition) is 1. The second kappa shape index (κ2) is 3.51. The highest BCUT2D eigenvalue weighted by molar-refractivity contribution is 5.26. The van der Waals surface area contributed by atoms with E-state index in [-0.39, 0.29) is 0 Å². The van der Waals surface area contributed by atoms with Crippen molar-refractivity contribution < 1.29 is 0 Å². The van der Waals surface area contributed by atoms with Crippen molar-refractivity contribution >= 4 is 0 Å². The van der Waals surface area contributed by atoms with E-state index in [0.29, 0.717) is 6.04 Å². The van der Waals surface area contributed by atoms with Crippen molar-refractivity contribution in [1.29, 1.82) is 0 Å². The van der Waals surface area contributed by atoms with E-state index in [1.54, 1.807) is 0 Å². The molecule has 1 aliphatic heterocycles. The molecule has 70 valence electrons. The maximum Gasteiger partial charge on any atom is 0.00452 e. The Bertz CT molecular complexity index is 293. The molecule has 1 heterocycles. The molecule has 0 radical (unpaired) electrons. The second-order valence-electron chi connectivity index (χ2n) is 4.16. The number of benzene rings is 1. The van der Waals surface area contributed by atoms with Crippen LogP contribution in [0.3, 0.4) is 0 Å². The summed E-state index contributed by atoms with van der Waals surface area (Å²) in [4.78, 5) is 0. The molecule has 13 heavy (non-hydrogen) atoms. The Hall–Kier alpha value is -0.820. The van der Waals surface area contributed by atoms with Gasteiger partial charge in [0.15, 0.2) is 0 Å². The maximum absolute atomic E-state index is 3.49. The van der Waals surface area contributed by atoms with Crippen molar-refractivity contribution in [2.75, 3.05) is 6.54 Å². The molecular weight excluding hydrogens is 158 g/mol. The summed E-state index contributed by atoms with van der Waals surface area (Å²) in [5.41, 5.74) is 2.87. The molecule has 1 saturated heterocycles. The van der Waals surface area contributed by atoms with Crippen molar-refractivity contribution in [2.45, 2.75) is 32.2 Å². The number of aryl methyl sites for hydroxylation is 1. The van der Waals surface area contributed by atoms with Crippen LogP contribution < -0.4 is 5.32 Å². The van der Waals surface area contributed by atoms with Gasteiger partial charge in [-0.2, -0.15) is 0 Å². The first kappa shape index (κ1) is 8.76. The fourth-order valence-corrected chi connectivity index (χ4v) is 2.11. The molecule has 0 amide bonds. The van der Waals surface area contributed by atoms with Crippen LogP contribution in [0.15, 0.2) is 24.3 Å². The second-order valence-corrected chi connectivity index (χ2v) is 4.16. The minimum Gasteiger partial charge on any atom is -0.314 e. The van der Waals surface area contributed by atoms with Crippen LogP contribution in [0.25, 0.3) is 0 Å². The number of hydrogen-bond donors (Lipinski definition) is 1. The van der Waals surface area contributed by atoms with Crippen LogP contribution in [0.5, 0.6) is 0 Å². The molecule has 1 aromatic carbocycles. The predicted molar refractivity (Wildman–Crippen MR) is 56.0 cm³/mol. The molecule has 0 spiro atoms. The Kier molecular flexibility index (Phi) is 2.36. The van der Waals surface area contributed by atoms with Crippen LogP contribution in [-0.4, -0.2) is 12.6 Å². The predicted octanol–water partition coefficient (Wildman–Crippen LogP) is 2.46. The smallest absolute Gasteiger partial charge is 0.00452 e. The van der Waals surface area contributed by atoms with E-state index < -0.39 is 0 Å². The summed E-state index contributed by atoms with van der Waals surface area (Å²) in [7, 11) is 0. The molecule has 1 nitrogen and oxygen atoms in total. The van der Waals surface area contributed by atoms with E-state index in [2.05, 4.69) is 43.4 Å². The fourth-order valence-electron chi connectivity index (χ4n) is 2.11. The summed E-state index contributed by atoms with van der Waals surface area (Å²) in [6, 6.07) is 9.57. The summed E-state index contributed by atoms with van der Waals surface area (Å²) < 4.78 is 0. The molecule has 2 rings (SSSR count). The van der Waals surface area contributed by atoms with Gasteiger partial charge >= 0.3 is 0 Å². The van der Waals surface area contributed by atoms with Gasteiger partial charge in [-0.15, -0.1) is 0 Å². The maximum atomic E-state index is 3.49. The van der Waals surface area contributed by atoms with E-state index >= 15 is 0 Å². The average molecular weight is 175 g/mol. The summed E-state index contributed by atoms with van der Waals surface area (Å²) in [5.74, 6) is 0.731. The zero-order chi connectivity index (χ0) is 9.26. The van der Waals surface area contributed by atoms with Gasteiger partial charge < -0.3 is 5.32 Å². The Labute approximate surface area is 80.2 Å².